The molecule has 1 aliphatic rings. The van der Waals surface area contributed by atoms with Gasteiger partial charge in [0, 0.05) is 22.8 Å². The summed E-state index contributed by atoms with van der Waals surface area (Å²) < 4.78 is 0. The number of likely N-dealkylation sites (N-methyl/N-ethyl adjacent to an activating group) is 1. The molecule has 1 heterocycles. The molecule has 1 saturated carbocycles. The zero-order valence-electron chi connectivity index (χ0n) is 11.7. The van der Waals surface area contributed by atoms with Gasteiger partial charge < -0.3 is 5.73 Å². The van der Waals surface area contributed by atoms with E-state index in [9.17, 15) is 0 Å². The molecule has 2 nitrogen and oxygen atoms in total. The summed E-state index contributed by atoms with van der Waals surface area (Å²) in [4.78, 5) is 5.28. The molecule has 1 aromatic heterocycles. The molecule has 3 heteroatoms. The van der Waals surface area contributed by atoms with E-state index in [4.69, 9.17) is 5.73 Å². The second-order valence-electron chi connectivity index (χ2n) is 5.64. The van der Waals surface area contributed by atoms with Crippen LogP contribution in [-0.2, 0) is 0 Å². The number of nitrogens with zero attached hydrogens (tertiary/aromatic N) is 1. The second-order valence-corrected chi connectivity index (χ2v) is 6.96. The SMILES string of the molecule is Cc1ccc(C(CN)N(C)CC2CCCCC2)s1. The van der Waals surface area contributed by atoms with Gasteiger partial charge in [-0.15, -0.1) is 11.3 Å². The van der Waals surface area contributed by atoms with Crippen molar-refractivity contribution >= 4 is 11.3 Å². The van der Waals surface area contributed by atoms with Crippen molar-refractivity contribution in [2.24, 2.45) is 11.7 Å². The van der Waals surface area contributed by atoms with E-state index in [1.165, 1.54) is 48.4 Å². The highest BCUT2D eigenvalue weighted by Crippen LogP contribution is 2.29. The van der Waals surface area contributed by atoms with Crippen LogP contribution in [0.1, 0.15) is 47.9 Å². The topological polar surface area (TPSA) is 29.3 Å². The van der Waals surface area contributed by atoms with Crippen LogP contribution in [-0.4, -0.2) is 25.0 Å². The average Bonchev–Trinajstić information content (AvgIpc) is 2.78. The zero-order chi connectivity index (χ0) is 13.0. The predicted molar refractivity (Wildman–Crippen MR) is 80.1 cm³/mol. The fourth-order valence-corrected chi connectivity index (χ4v) is 4.11. The molecular weight excluding hydrogens is 240 g/mol. The molecular formula is C15H26N2S. The third-order valence-electron chi connectivity index (χ3n) is 4.12. The molecule has 0 saturated heterocycles. The molecule has 1 aromatic rings. The number of rotatable bonds is 5. The Bertz CT molecular complexity index is 355. The molecule has 0 radical (unpaired) electrons. The highest BCUT2D eigenvalue weighted by molar-refractivity contribution is 7.12. The number of nitrogens with two attached hydrogens (primary N) is 1. The summed E-state index contributed by atoms with van der Waals surface area (Å²) in [7, 11) is 2.24. The minimum Gasteiger partial charge on any atom is -0.329 e. The predicted octanol–water partition coefficient (Wildman–Crippen LogP) is 3.57. The molecule has 0 bridgehead atoms. The monoisotopic (exact) mass is 266 g/mol. The van der Waals surface area contributed by atoms with Gasteiger partial charge in [-0.05, 0) is 44.9 Å². The molecule has 2 rings (SSSR count). The van der Waals surface area contributed by atoms with Gasteiger partial charge in [0.2, 0.25) is 0 Å². The Morgan fingerprint density at radius 2 is 2.06 bits per heavy atom. The Balaban J connectivity index is 1.94. The van der Waals surface area contributed by atoms with E-state index in [1.54, 1.807) is 0 Å². The van der Waals surface area contributed by atoms with E-state index in [0.29, 0.717) is 6.04 Å². The quantitative estimate of drug-likeness (QED) is 0.883. The minimum absolute atomic E-state index is 0.408. The fraction of sp³-hybridized carbons (Fsp3) is 0.733. The maximum Gasteiger partial charge on any atom is 0.0562 e. The Kier molecular flexibility index (Phi) is 5.22. The summed E-state index contributed by atoms with van der Waals surface area (Å²) in [6.45, 7) is 4.10. The van der Waals surface area contributed by atoms with Crippen molar-refractivity contribution in [2.75, 3.05) is 20.1 Å². The normalized spacial score (nSPS) is 19.3. The molecule has 18 heavy (non-hydrogen) atoms. The number of hydrogen-bond acceptors (Lipinski definition) is 3. The van der Waals surface area contributed by atoms with Gasteiger partial charge in [-0.3, -0.25) is 4.90 Å². The first kappa shape index (κ1) is 14.0. The molecule has 2 N–H and O–H groups in total. The van der Waals surface area contributed by atoms with E-state index in [-0.39, 0.29) is 0 Å². The van der Waals surface area contributed by atoms with Gasteiger partial charge >= 0.3 is 0 Å². The first-order valence-corrected chi connectivity index (χ1v) is 7.99. The van der Waals surface area contributed by atoms with Gasteiger partial charge in [0.25, 0.3) is 0 Å². The summed E-state index contributed by atoms with van der Waals surface area (Å²) in [5.41, 5.74) is 5.99. The molecule has 0 spiro atoms. The standard InChI is InChI=1S/C15H26N2S/c1-12-8-9-15(18-12)14(10-16)17(2)11-13-6-4-3-5-7-13/h8-9,13-14H,3-7,10-11,16H2,1-2H3. The summed E-state index contributed by atoms with van der Waals surface area (Å²) >= 11 is 1.89. The van der Waals surface area contributed by atoms with E-state index in [0.717, 1.165) is 12.5 Å². The van der Waals surface area contributed by atoms with Crippen molar-refractivity contribution in [3.8, 4) is 0 Å². The molecule has 0 amide bonds. The largest absolute Gasteiger partial charge is 0.329 e. The third kappa shape index (κ3) is 3.56. The van der Waals surface area contributed by atoms with Crippen LogP contribution in [0.3, 0.4) is 0 Å². The van der Waals surface area contributed by atoms with E-state index >= 15 is 0 Å². The van der Waals surface area contributed by atoms with Crippen LogP contribution in [0.25, 0.3) is 0 Å². The number of aryl methyl sites for hydroxylation is 1. The molecule has 102 valence electrons. The Labute approximate surface area is 115 Å². The van der Waals surface area contributed by atoms with Gasteiger partial charge in [0.05, 0.1) is 6.04 Å². The lowest BCUT2D eigenvalue weighted by molar-refractivity contribution is 0.188. The van der Waals surface area contributed by atoms with Gasteiger partial charge in [0.15, 0.2) is 0 Å². The summed E-state index contributed by atoms with van der Waals surface area (Å²) in [6, 6.07) is 4.86. The Morgan fingerprint density at radius 3 is 2.61 bits per heavy atom. The molecule has 1 aliphatic carbocycles. The van der Waals surface area contributed by atoms with Crippen LogP contribution in [0, 0.1) is 12.8 Å². The lowest BCUT2D eigenvalue weighted by Crippen LogP contribution is -2.34. The van der Waals surface area contributed by atoms with Crippen LogP contribution < -0.4 is 5.73 Å². The van der Waals surface area contributed by atoms with Crippen LogP contribution in [0.4, 0.5) is 0 Å². The molecule has 1 unspecified atom stereocenters. The van der Waals surface area contributed by atoms with Crippen LogP contribution >= 0.6 is 11.3 Å². The lowest BCUT2D eigenvalue weighted by Gasteiger charge is -2.31. The van der Waals surface area contributed by atoms with E-state index in [1.807, 2.05) is 11.3 Å². The second kappa shape index (κ2) is 6.69. The van der Waals surface area contributed by atoms with Crippen molar-refractivity contribution in [3.63, 3.8) is 0 Å². The smallest absolute Gasteiger partial charge is 0.0562 e. The fourth-order valence-electron chi connectivity index (χ4n) is 3.05. The number of hydrogen-bond donors (Lipinski definition) is 1. The van der Waals surface area contributed by atoms with Crippen LogP contribution in [0.15, 0.2) is 12.1 Å². The number of thiophene rings is 1. The van der Waals surface area contributed by atoms with Crippen LogP contribution in [0.5, 0.6) is 0 Å². The van der Waals surface area contributed by atoms with Crippen molar-refractivity contribution in [1.82, 2.24) is 4.90 Å². The summed E-state index contributed by atoms with van der Waals surface area (Å²) in [5.74, 6) is 0.888. The first-order valence-electron chi connectivity index (χ1n) is 7.17. The van der Waals surface area contributed by atoms with Crippen molar-refractivity contribution in [2.45, 2.75) is 45.1 Å². The summed E-state index contributed by atoms with van der Waals surface area (Å²) in [6.07, 6.45) is 7.09. The van der Waals surface area contributed by atoms with E-state index < -0.39 is 0 Å². The van der Waals surface area contributed by atoms with Gasteiger partial charge in [-0.25, -0.2) is 0 Å². The van der Waals surface area contributed by atoms with Crippen molar-refractivity contribution in [3.05, 3.63) is 21.9 Å². The Hall–Kier alpha value is -0.380. The van der Waals surface area contributed by atoms with Crippen molar-refractivity contribution in [1.29, 1.82) is 0 Å². The summed E-state index contributed by atoms with van der Waals surface area (Å²) in [5, 5.41) is 0. The first-order chi connectivity index (χ1) is 8.70. The Morgan fingerprint density at radius 1 is 1.33 bits per heavy atom. The molecule has 1 fully saturated rings. The zero-order valence-corrected chi connectivity index (χ0v) is 12.5. The third-order valence-corrected chi connectivity index (χ3v) is 5.22. The lowest BCUT2D eigenvalue weighted by atomic mass is 9.88. The van der Waals surface area contributed by atoms with Gasteiger partial charge in [-0.1, -0.05) is 19.3 Å². The minimum atomic E-state index is 0.408. The maximum absolute atomic E-state index is 5.99. The maximum atomic E-state index is 5.99. The average molecular weight is 266 g/mol. The van der Waals surface area contributed by atoms with Crippen LogP contribution in [0.2, 0.25) is 0 Å². The molecule has 0 aliphatic heterocycles. The van der Waals surface area contributed by atoms with Crippen molar-refractivity contribution < 1.29 is 0 Å². The highest BCUT2D eigenvalue weighted by Gasteiger charge is 2.21. The van der Waals surface area contributed by atoms with E-state index in [2.05, 4.69) is 31.0 Å². The highest BCUT2D eigenvalue weighted by atomic mass is 32.1. The van der Waals surface area contributed by atoms with Gasteiger partial charge in [0.1, 0.15) is 0 Å². The van der Waals surface area contributed by atoms with Gasteiger partial charge in [-0.2, -0.15) is 0 Å². The molecule has 0 aromatic carbocycles. The molecule has 1 atom stereocenters.